The van der Waals surface area contributed by atoms with Gasteiger partial charge in [0, 0.05) is 33.0 Å². The predicted octanol–water partition coefficient (Wildman–Crippen LogP) is 11.3. The lowest BCUT2D eigenvalue weighted by Crippen LogP contribution is -2.00. The molecular weight excluding hydrogens is 574 g/mol. The Bertz CT molecular complexity index is 2500. The third-order valence-corrected chi connectivity index (χ3v) is 8.74. The van der Waals surface area contributed by atoms with Gasteiger partial charge >= 0.3 is 0 Å². The van der Waals surface area contributed by atoms with Gasteiger partial charge in [-0.05, 0) is 39.6 Å². The van der Waals surface area contributed by atoms with E-state index >= 15 is 0 Å². The maximum absolute atomic E-state index is 6.52. The summed E-state index contributed by atoms with van der Waals surface area (Å²) in [5, 5.41) is 4.71. The van der Waals surface area contributed by atoms with E-state index in [9.17, 15) is 0 Å². The van der Waals surface area contributed by atoms with E-state index < -0.39 is 0 Å². The molecule has 0 unspecified atom stereocenters. The van der Waals surface area contributed by atoms with Gasteiger partial charge in [-0.15, -0.1) is 0 Å². The van der Waals surface area contributed by atoms with Crippen LogP contribution in [0.1, 0.15) is 0 Å². The van der Waals surface area contributed by atoms with Crippen molar-refractivity contribution in [2.24, 2.45) is 0 Å². The van der Waals surface area contributed by atoms with Crippen LogP contribution in [0.4, 0.5) is 0 Å². The Morgan fingerprint density at radius 3 is 1.60 bits per heavy atom. The highest BCUT2D eigenvalue weighted by Crippen LogP contribution is 2.40. The second-order valence-corrected chi connectivity index (χ2v) is 11.6. The second kappa shape index (κ2) is 11.2. The lowest BCUT2D eigenvalue weighted by atomic mass is 9.96. The van der Waals surface area contributed by atoms with Crippen molar-refractivity contribution in [2.75, 3.05) is 0 Å². The Balaban J connectivity index is 1.10. The molecule has 220 valence electrons. The van der Waals surface area contributed by atoms with E-state index in [0.717, 1.165) is 60.9 Å². The molecule has 0 spiro atoms. The fourth-order valence-corrected chi connectivity index (χ4v) is 6.41. The van der Waals surface area contributed by atoms with Gasteiger partial charge in [-0.3, -0.25) is 0 Å². The fraction of sp³-hybridized carbons (Fsp3) is 0. The molecule has 4 heteroatoms. The van der Waals surface area contributed by atoms with Crippen LogP contribution in [0.2, 0.25) is 0 Å². The number of furan rings is 1. The number of rotatable bonds is 5. The first-order valence-electron chi connectivity index (χ1n) is 15.7. The molecule has 0 fully saturated rings. The Kier molecular flexibility index (Phi) is 6.43. The van der Waals surface area contributed by atoms with Gasteiger partial charge in [0.1, 0.15) is 11.2 Å². The summed E-state index contributed by atoms with van der Waals surface area (Å²) in [4.78, 5) is 14.6. The van der Waals surface area contributed by atoms with Crippen LogP contribution in [-0.4, -0.2) is 15.0 Å². The lowest BCUT2D eigenvalue weighted by Gasteiger charge is -2.10. The van der Waals surface area contributed by atoms with Crippen LogP contribution in [0, 0.1) is 0 Å². The van der Waals surface area contributed by atoms with Gasteiger partial charge in [0.25, 0.3) is 0 Å². The van der Waals surface area contributed by atoms with Crippen molar-refractivity contribution >= 4 is 32.7 Å². The quantitative estimate of drug-likeness (QED) is 0.197. The van der Waals surface area contributed by atoms with E-state index in [1.807, 2.05) is 60.7 Å². The molecule has 7 aromatic carbocycles. The molecule has 2 heterocycles. The van der Waals surface area contributed by atoms with Crippen LogP contribution in [0.3, 0.4) is 0 Å². The van der Waals surface area contributed by atoms with Gasteiger partial charge in [0.2, 0.25) is 0 Å². The maximum atomic E-state index is 6.52. The first-order valence-corrected chi connectivity index (χ1v) is 15.7. The van der Waals surface area contributed by atoms with Crippen molar-refractivity contribution < 1.29 is 4.42 Å². The van der Waals surface area contributed by atoms with Crippen molar-refractivity contribution in [3.63, 3.8) is 0 Å². The van der Waals surface area contributed by atoms with Gasteiger partial charge in [-0.2, -0.15) is 0 Å². The minimum atomic E-state index is 0.641. The molecule has 0 amide bonds. The molecule has 0 N–H and O–H groups in total. The van der Waals surface area contributed by atoms with Crippen LogP contribution in [-0.2, 0) is 0 Å². The number of para-hydroxylation sites is 1. The summed E-state index contributed by atoms with van der Waals surface area (Å²) in [7, 11) is 0. The van der Waals surface area contributed by atoms with Crippen LogP contribution in [0.15, 0.2) is 168 Å². The number of nitrogens with zero attached hydrogens (tertiary/aromatic N) is 3. The highest BCUT2D eigenvalue weighted by atomic mass is 16.3. The SMILES string of the molecule is c1ccc(-c2nc(-c3ccccc3)nc(-c3ccc(-c4cccc(-c5cccc6c5oc5ccc7ccccc7c56)c4)cc3)n2)cc1. The molecular formula is C43H27N3O. The van der Waals surface area contributed by atoms with Gasteiger partial charge in [0.15, 0.2) is 17.5 Å². The van der Waals surface area contributed by atoms with Crippen molar-refractivity contribution in [1.29, 1.82) is 0 Å². The molecule has 0 atom stereocenters. The van der Waals surface area contributed by atoms with Crippen molar-refractivity contribution in [3.05, 3.63) is 164 Å². The van der Waals surface area contributed by atoms with E-state index in [4.69, 9.17) is 19.4 Å². The zero-order valence-corrected chi connectivity index (χ0v) is 25.3. The van der Waals surface area contributed by atoms with Crippen LogP contribution in [0.5, 0.6) is 0 Å². The molecule has 0 aliphatic heterocycles. The second-order valence-electron chi connectivity index (χ2n) is 11.6. The maximum Gasteiger partial charge on any atom is 0.164 e. The van der Waals surface area contributed by atoms with E-state index in [1.165, 1.54) is 10.8 Å². The van der Waals surface area contributed by atoms with Crippen molar-refractivity contribution in [1.82, 2.24) is 15.0 Å². The average Bonchev–Trinajstić information content (AvgIpc) is 3.55. The highest BCUT2D eigenvalue weighted by molar-refractivity contribution is 6.20. The predicted molar refractivity (Wildman–Crippen MR) is 192 cm³/mol. The third kappa shape index (κ3) is 4.84. The largest absolute Gasteiger partial charge is 0.455 e. The van der Waals surface area contributed by atoms with E-state index in [-0.39, 0.29) is 0 Å². The van der Waals surface area contributed by atoms with Crippen molar-refractivity contribution in [2.45, 2.75) is 0 Å². The molecule has 47 heavy (non-hydrogen) atoms. The van der Waals surface area contributed by atoms with Gasteiger partial charge in [-0.1, -0.05) is 152 Å². The molecule has 0 aliphatic carbocycles. The third-order valence-electron chi connectivity index (χ3n) is 8.74. The normalized spacial score (nSPS) is 11.4. The van der Waals surface area contributed by atoms with Crippen LogP contribution < -0.4 is 0 Å². The van der Waals surface area contributed by atoms with Crippen LogP contribution in [0.25, 0.3) is 89.1 Å². The van der Waals surface area contributed by atoms with E-state index in [0.29, 0.717) is 17.5 Å². The molecule has 9 rings (SSSR count). The Morgan fingerprint density at radius 2 is 0.894 bits per heavy atom. The lowest BCUT2D eigenvalue weighted by molar-refractivity contribution is 0.670. The van der Waals surface area contributed by atoms with Gasteiger partial charge in [0.05, 0.1) is 0 Å². The van der Waals surface area contributed by atoms with Crippen molar-refractivity contribution in [3.8, 4) is 56.4 Å². The smallest absolute Gasteiger partial charge is 0.164 e. The van der Waals surface area contributed by atoms with Gasteiger partial charge < -0.3 is 4.42 Å². The molecule has 0 saturated carbocycles. The zero-order valence-electron chi connectivity index (χ0n) is 25.3. The Morgan fingerprint density at radius 1 is 0.362 bits per heavy atom. The van der Waals surface area contributed by atoms with Crippen LogP contribution >= 0.6 is 0 Å². The molecule has 0 saturated heterocycles. The summed E-state index contributed by atoms with van der Waals surface area (Å²) in [5.41, 5.74) is 9.07. The number of hydrogen-bond donors (Lipinski definition) is 0. The fourth-order valence-electron chi connectivity index (χ4n) is 6.41. The summed E-state index contributed by atoms with van der Waals surface area (Å²) in [6, 6.07) is 56.3. The van der Waals surface area contributed by atoms with E-state index in [2.05, 4.69) is 103 Å². The molecule has 0 radical (unpaired) electrons. The topological polar surface area (TPSA) is 51.8 Å². The Labute approximate surface area is 271 Å². The monoisotopic (exact) mass is 601 g/mol. The zero-order chi connectivity index (χ0) is 31.2. The summed E-state index contributed by atoms with van der Waals surface area (Å²) < 4.78 is 6.52. The highest BCUT2D eigenvalue weighted by Gasteiger charge is 2.16. The number of benzene rings is 7. The number of aromatic nitrogens is 3. The first-order chi connectivity index (χ1) is 23.3. The van der Waals surface area contributed by atoms with Gasteiger partial charge in [-0.25, -0.2) is 15.0 Å². The molecule has 9 aromatic rings. The molecule has 0 aliphatic rings. The summed E-state index contributed by atoms with van der Waals surface area (Å²) in [6.07, 6.45) is 0. The van der Waals surface area contributed by atoms with E-state index in [1.54, 1.807) is 0 Å². The minimum absolute atomic E-state index is 0.641. The Hall–Kier alpha value is -6.39. The first kappa shape index (κ1) is 27.0. The average molecular weight is 602 g/mol. The molecule has 4 nitrogen and oxygen atoms in total. The minimum Gasteiger partial charge on any atom is -0.455 e. The number of fused-ring (bicyclic) bond motifs is 5. The summed E-state index contributed by atoms with van der Waals surface area (Å²) >= 11 is 0. The molecule has 0 bridgehead atoms. The summed E-state index contributed by atoms with van der Waals surface area (Å²) in [5.74, 6) is 1.94. The molecule has 2 aromatic heterocycles. The number of hydrogen-bond acceptors (Lipinski definition) is 4. The standard InChI is InChI=1S/C43H27N3O/c1-3-12-30(13-4-1)41-44-42(31-14-5-2-6-15-31)46-43(45-41)32-23-21-28(22-24-32)33-16-9-17-34(27-33)36-19-10-20-37-39-35-18-8-7-11-29(35)25-26-38(39)47-40(36)37/h1-27H. The summed E-state index contributed by atoms with van der Waals surface area (Å²) in [6.45, 7) is 0.